The van der Waals surface area contributed by atoms with Crippen molar-refractivity contribution in [3.8, 4) is 0 Å². The van der Waals surface area contributed by atoms with E-state index in [1.54, 1.807) is 0 Å². The Morgan fingerprint density at radius 2 is 1.95 bits per heavy atom. The first-order valence-electron chi connectivity index (χ1n) is 7.39. The van der Waals surface area contributed by atoms with E-state index in [1.807, 2.05) is 6.92 Å². The molecule has 0 saturated heterocycles. The van der Waals surface area contributed by atoms with Gasteiger partial charge in [0.2, 0.25) is 0 Å². The number of benzene rings is 1. The van der Waals surface area contributed by atoms with Gasteiger partial charge in [0.05, 0.1) is 5.84 Å². The lowest BCUT2D eigenvalue weighted by Crippen LogP contribution is -2.05. The van der Waals surface area contributed by atoms with E-state index in [4.69, 9.17) is 5.73 Å². The van der Waals surface area contributed by atoms with E-state index in [1.165, 1.54) is 22.9 Å². The van der Waals surface area contributed by atoms with Crippen LogP contribution in [0.25, 0.3) is 10.9 Å². The van der Waals surface area contributed by atoms with Gasteiger partial charge in [0.15, 0.2) is 0 Å². The fourth-order valence-corrected chi connectivity index (χ4v) is 2.12. The highest BCUT2D eigenvalue weighted by Gasteiger charge is 2.01. The second-order valence-electron chi connectivity index (χ2n) is 5.01. The highest BCUT2D eigenvalue weighted by atomic mass is 14.9. The zero-order valence-electron chi connectivity index (χ0n) is 13.2. The fraction of sp³-hybridized carbons (Fsp3) is 0.471. The summed E-state index contributed by atoms with van der Waals surface area (Å²) in [5.41, 5.74) is 8.05. The zero-order chi connectivity index (χ0) is 15.0. The maximum Gasteiger partial charge on any atom is 0.0905 e. The third-order valence-electron chi connectivity index (χ3n) is 3.23. The first kappa shape index (κ1) is 16.3. The van der Waals surface area contributed by atoms with Crippen molar-refractivity contribution in [2.24, 2.45) is 17.8 Å². The minimum absolute atomic E-state index is 0.693. The van der Waals surface area contributed by atoms with Crippen LogP contribution >= 0.6 is 0 Å². The largest absolute Gasteiger partial charge is 0.388 e. The number of rotatable bonds is 4. The molecule has 0 fully saturated rings. The van der Waals surface area contributed by atoms with Crippen molar-refractivity contribution in [1.29, 1.82) is 0 Å². The SMILES string of the molecule is CCCCN=C(C)N.CCc1cn(C)c2ccccc12. The maximum atomic E-state index is 5.28. The summed E-state index contributed by atoms with van der Waals surface area (Å²) in [4.78, 5) is 4.01. The number of nitrogens with zero attached hydrogens (tertiary/aromatic N) is 2. The summed E-state index contributed by atoms with van der Waals surface area (Å²) in [7, 11) is 2.10. The highest BCUT2D eigenvalue weighted by molar-refractivity contribution is 5.83. The molecule has 0 bridgehead atoms. The van der Waals surface area contributed by atoms with Gasteiger partial charge in [0.1, 0.15) is 0 Å². The Morgan fingerprint density at radius 3 is 2.55 bits per heavy atom. The molecule has 0 unspecified atom stereocenters. The molecule has 0 aliphatic heterocycles. The number of aliphatic imine (C=N–C) groups is 1. The molecule has 3 nitrogen and oxygen atoms in total. The van der Waals surface area contributed by atoms with Crippen LogP contribution in [0.1, 0.15) is 39.2 Å². The van der Waals surface area contributed by atoms with Crippen LogP contribution in [0, 0.1) is 0 Å². The molecule has 0 saturated carbocycles. The van der Waals surface area contributed by atoms with Gasteiger partial charge in [-0.05, 0) is 31.4 Å². The smallest absolute Gasteiger partial charge is 0.0905 e. The monoisotopic (exact) mass is 273 g/mol. The molecule has 0 radical (unpaired) electrons. The summed E-state index contributed by atoms with van der Waals surface area (Å²) in [6.45, 7) is 7.04. The topological polar surface area (TPSA) is 43.3 Å². The number of hydrogen-bond donors (Lipinski definition) is 1. The van der Waals surface area contributed by atoms with Crippen LogP contribution in [-0.4, -0.2) is 16.9 Å². The molecule has 3 heteroatoms. The fourth-order valence-electron chi connectivity index (χ4n) is 2.12. The van der Waals surface area contributed by atoms with Gasteiger partial charge in [0.25, 0.3) is 0 Å². The standard InChI is InChI=1S/C11H13N.C6H14N2/c1-3-9-8-12(2)11-7-5-4-6-10(9)11;1-3-4-5-8-6(2)7/h4-8H,3H2,1-2H3;3-5H2,1-2H3,(H2,7,8). The van der Waals surface area contributed by atoms with Crippen LogP contribution in [0.5, 0.6) is 0 Å². The van der Waals surface area contributed by atoms with E-state index in [9.17, 15) is 0 Å². The number of amidine groups is 1. The summed E-state index contributed by atoms with van der Waals surface area (Å²) in [6, 6.07) is 8.53. The lowest BCUT2D eigenvalue weighted by molar-refractivity contribution is 0.807. The van der Waals surface area contributed by atoms with E-state index in [0.29, 0.717) is 5.84 Å². The average molecular weight is 273 g/mol. The first-order valence-corrected chi connectivity index (χ1v) is 7.39. The molecule has 20 heavy (non-hydrogen) atoms. The van der Waals surface area contributed by atoms with Crippen molar-refractivity contribution in [2.75, 3.05) is 6.54 Å². The third kappa shape index (κ3) is 4.72. The van der Waals surface area contributed by atoms with Crippen molar-refractivity contribution in [2.45, 2.75) is 40.0 Å². The number of hydrogen-bond acceptors (Lipinski definition) is 1. The summed E-state index contributed by atoms with van der Waals surface area (Å²) >= 11 is 0. The van der Waals surface area contributed by atoms with Gasteiger partial charge in [-0.2, -0.15) is 0 Å². The van der Waals surface area contributed by atoms with Gasteiger partial charge >= 0.3 is 0 Å². The Hall–Kier alpha value is -1.77. The molecular formula is C17H27N3. The molecule has 0 aliphatic rings. The minimum Gasteiger partial charge on any atom is -0.388 e. The Bertz CT molecular complexity index is 548. The summed E-state index contributed by atoms with van der Waals surface area (Å²) in [6.07, 6.45) is 5.66. The quantitative estimate of drug-likeness (QED) is 0.512. The Morgan fingerprint density at radius 1 is 1.25 bits per heavy atom. The lowest BCUT2D eigenvalue weighted by Gasteiger charge is -1.93. The normalized spacial score (nSPS) is 11.3. The van der Waals surface area contributed by atoms with Gasteiger partial charge in [0, 0.05) is 30.7 Å². The molecular weight excluding hydrogens is 246 g/mol. The van der Waals surface area contributed by atoms with Crippen LogP contribution in [0.15, 0.2) is 35.5 Å². The van der Waals surface area contributed by atoms with Gasteiger partial charge in [-0.3, -0.25) is 4.99 Å². The maximum absolute atomic E-state index is 5.28. The third-order valence-corrected chi connectivity index (χ3v) is 3.23. The number of para-hydroxylation sites is 1. The number of fused-ring (bicyclic) bond motifs is 1. The second-order valence-corrected chi connectivity index (χ2v) is 5.01. The summed E-state index contributed by atoms with van der Waals surface area (Å²) < 4.78 is 2.19. The minimum atomic E-state index is 0.693. The molecule has 2 rings (SSSR count). The van der Waals surface area contributed by atoms with Crippen molar-refractivity contribution in [3.63, 3.8) is 0 Å². The van der Waals surface area contributed by atoms with Gasteiger partial charge < -0.3 is 10.3 Å². The van der Waals surface area contributed by atoms with Gasteiger partial charge in [-0.15, -0.1) is 0 Å². The van der Waals surface area contributed by atoms with Crippen molar-refractivity contribution >= 4 is 16.7 Å². The molecule has 2 aromatic rings. The van der Waals surface area contributed by atoms with E-state index < -0.39 is 0 Å². The summed E-state index contributed by atoms with van der Waals surface area (Å²) in [5.74, 6) is 0.693. The van der Waals surface area contributed by atoms with Crippen LogP contribution in [-0.2, 0) is 13.5 Å². The zero-order valence-corrected chi connectivity index (χ0v) is 13.2. The number of aromatic nitrogens is 1. The molecule has 0 atom stereocenters. The van der Waals surface area contributed by atoms with E-state index in [-0.39, 0.29) is 0 Å². The van der Waals surface area contributed by atoms with Crippen LogP contribution in [0.3, 0.4) is 0 Å². The van der Waals surface area contributed by atoms with Gasteiger partial charge in [-0.25, -0.2) is 0 Å². The molecule has 1 heterocycles. The van der Waals surface area contributed by atoms with E-state index >= 15 is 0 Å². The first-order chi connectivity index (χ1) is 9.60. The van der Waals surface area contributed by atoms with Crippen molar-refractivity contribution < 1.29 is 0 Å². The van der Waals surface area contributed by atoms with Crippen LogP contribution < -0.4 is 5.73 Å². The Balaban J connectivity index is 0.000000221. The molecule has 0 amide bonds. The Kier molecular flexibility index (Phi) is 6.85. The molecule has 0 spiro atoms. The van der Waals surface area contributed by atoms with Crippen molar-refractivity contribution in [1.82, 2.24) is 4.57 Å². The molecule has 110 valence electrons. The van der Waals surface area contributed by atoms with Crippen molar-refractivity contribution in [3.05, 3.63) is 36.0 Å². The number of aryl methyl sites for hydroxylation is 2. The molecule has 1 aromatic carbocycles. The van der Waals surface area contributed by atoms with E-state index in [2.05, 4.69) is 60.9 Å². The predicted octanol–water partition coefficient (Wildman–Crippen LogP) is 3.90. The van der Waals surface area contributed by atoms with E-state index in [0.717, 1.165) is 19.4 Å². The number of unbranched alkanes of at least 4 members (excludes halogenated alkanes) is 1. The molecule has 2 N–H and O–H groups in total. The number of nitrogens with two attached hydrogens (primary N) is 1. The van der Waals surface area contributed by atoms with Crippen LogP contribution in [0.2, 0.25) is 0 Å². The lowest BCUT2D eigenvalue weighted by atomic mass is 10.1. The Labute approximate surface area is 122 Å². The highest BCUT2D eigenvalue weighted by Crippen LogP contribution is 2.20. The molecule has 1 aromatic heterocycles. The molecule has 0 aliphatic carbocycles. The average Bonchev–Trinajstić information content (AvgIpc) is 2.77. The van der Waals surface area contributed by atoms with Crippen LogP contribution in [0.4, 0.5) is 0 Å². The van der Waals surface area contributed by atoms with Gasteiger partial charge in [-0.1, -0.05) is 38.5 Å². The predicted molar refractivity (Wildman–Crippen MR) is 89.4 cm³/mol. The second kappa shape index (κ2) is 8.41. The summed E-state index contributed by atoms with van der Waals surface area (Å²) in [5, 5.41) is 1.39.